The lowest BCUT2D eigenvalue weighted by atomic mass is 9.33. The quantitative estimate of drug-likeness (QED) is 0.156. The molecule has 1 aromatic heterocycles. The van der Waals surface area contributed by atoms with E-state index in [1.807, 2.05) is 0 Å². The fraction of sp³-hybridized carbons (Fsp3) is 0.750. The number of carbonyl (C=O) groups is 7. The van der Waals surface area contributed by atoms with Gasteiger partial charge in [-0.1, -0.05) is 27.7 Å². The summed E-state index contributed by atoms with van der Waals surface area (Å²) in [6.45, 7) is 14.9. The maximum absolute atomic E-state index is 14.5. The molecule has 4 aliphatic carbocycles. The van der Waals surface area contributed by atoms with Crippen LogP contribution in [0.25, 0.3) is 0 Å². The van der Waals surface area contributed by atoms with E-state index in [1.165, 1.54) is 54.4 Å². The van der Waals surface area contributed by atoms with Gasteiger partial charge in [0.1, 0.15) is 17.8 Å². The Labute approximate surface area is 363 Å². The second-order valence-electron chi connectivity index (χ2n) is 19.2. The first-order chi connectivity index (χ1) is 29.3. The first kappa shape index (κ1) is 45.0. The average molecular weight is 889 g/mol. The SMILES string of the molecule is CCC(=O)O[C@@H]1[C@@]2(OC(C)=O)[C@@H](OC(=O)[C@@]3(C)O[C@@H]3C)[C@]3(C)C[C@]24O[C@]2(C)O[C@]15[C@H](CC(=O)OC)[C@](C)([C@@H](OC(C)=O)c1ccoc1)C[C@@H](OC(C)=O)[C@]5(O2)[C@]4(C)[C@H]3CC(=O)OC. The average Bonchev–Trinajstić information content (AvgIpc) is 3.52. The van der Waals surface area contributed by atoms with E-state index in [9.17, 15) is 33.6 Å². The first-order valence-corrected chi connectivity index (χ1v) is 21.2. The van der Waals surface area contributed by atoms with Gasteiger partial charge in [0.05, 0.1) is 39.3 Å². The van der Waals surface area contributed by atoms with Crippen molar-refractivity contribution in [2.24, 2.45) is 28.1 Å². The summed E-state index contributed by atoms with van der Waals surface area (Å²) in [6.07, 6.45) is -5.76. The Hall–Kier alpha value is -4.59. The molecule has 16 atom stereocenters. The van der Waals surface area contributed by atoms with E-state index in [0.717, 1.165) is 6.92 Å². The number of epoxide rings is 1. The highest BCUT2D eigenvalue weighted by Gasteiger charge is 3.06. The van der Waals surface area contributed by atoms with Crippen LogP contribution in [0.3, 0.4) is 0 Å². The fourth-order valence-electron chi connectivity index (χ4n) is 13.9. The van der Waals surface area contributed by atoms with Crippen LogP contribution in [0.4, 0.5) is 0 Å². The van der Waals surface area contributed by atoms with Crippen molar-refractivity contribution in [3.63, 3.8) is 0 Å². The van der Waals surface area contributed by atoms with Gasteiger partial charge in [-0.3, -0.25) is 28.8 Å². The summed E-state index contributed by atoms with van der Waals surface area (Å²) in [5.41, 5.74) is -14.8. The molecule has 19 heteroatoms. The lowest BCUT2D eigenvalue weighted by Gasteiger charge is -2.77. The minimum absolute atomic E-state index is 0.131. The van der Waals surface area contributed by atoms with E-state index in [1.54, 1.807) is 40.7 Å². The van der Waals surface area contributed by atoms with Crippen molar-refractivity contribution in [2.75, 3.05) is 14.2 Å². The maximum Gasteiger partial charge on any atom is 0.341 e. The smallest absolute Gasteiger partial charge is 0.341 e. The van der Waals surface area contributed by atoms with Crippen LogP contribution in [0.2, 0.25) is 0 Å². The summed E-state index contributed by atoms with van der Waals surface area (Å²) >= 11 is 0. The zero-order valence-electron chi connectivity index (χ0n) is 37.6. The Morgan fingerprint density at radius 1 is 0.794 bits per heavy atom. The molecular formula is C44H56O19. The lowest BCUT2D eigenvalue weighted by molar-refractivity contribution is -0.486. The Morgan fingerprint density at radius 3 is 1.95 bits per heavy atom. The Bertz CT molecular complexity index is 2160. The molecule has 19 nitrogen and oxygen atoms in total. The van der Waals surface area contributed by atoms with E-state index >= 15 is 0 Å². The molecule has 0 aromatic carbocycles. The van der Waals surface area contributed by atoms with E-state index < -0.39 is 141 Å². The third-order valence-electron chi connectivity index (χ3n) is 16.0. The molecule has 4 heterocycles. The summed E-state index contributed by atoms with van der Waals surface area (Å²) in [7, 11) is 2.39. The van der Waals surface area contributed by atoms with Gasteiger partial charge in [0.2, 0.25) is 5.60 Å². The summed E-state index contributed by atoms with van der Waals surface area (Å²) in [5, 5.41) is 0. The highest BCUT2D eigenvalue weighted by atomic mass is 16.9. The molecule has 1 aromatic rings. The molecule has 63 heavy (non-hydrogen) atoms. The molecule has 7 aliphatic rings. The third-order valence-corrected chi connectivity index (χ3v) is 16.0. The van der Waals surface area contributed by atoms with Crippen molar-refractivity contribution in [1.29, 1.82) is 0 Å². The van der Waals surface area contributed by atoms with Crippen LogP contribution in [0.5, 0.6) is 0 Å². The van der Waals surface area contributed by atoms with Gasteiger partial charge < -0.3 is 56.5 Å². The topological polar surface area (TPSA) is 237 Å². The molecule has 8 rings (SSSR count). The minimum Gasteiger partial charge on any atom is -0.472 e. The van der Waals surface area contributed by atoms with Gasteiger partial charge in [0.25, 0.3) is 5.97 Å². The Balaban J connectivity index is 1.56. The molecule has 2 spiro atoms. The van der Waals surface area contributed by atoms with Crippen LogP contribution in [0.1, 0.15) is 113 Å². The van der Waals surface area contributed by atoms with Crippen molar-refractivity contribution in [2.45, 2.75) is 166 Å². The van der Waals surface area contributed by atoms with Gasteiger partial charge in [-0.05, 0) is 38.7 Å². The largest absolute Gasteiger partial charge is 0.472 e. The molecule has 346 valence electrons. The zero-order valence-corrected chi connectivity index (χ0v) is 37.6. The second-order valence-corrected chi connectivity index (χ2v) is 19.2. The summed E-state index contributed by atoms with van der Waals surface area (Å²) in [4.78, 5) is 97.9. The van der Waals surface area contributed by atoms with Gasteiger partial charge in [-0.15, -0.1) is 0 Å². The molecule has 4 saturated carbocycles. The Kier molecular flexibility index (Phi) is 9.97. The van der Waals surface area contributed by atoms with E-state index in [-0.39, 0.29) is 25.7 Å². The minimum atomic E-state index is -2.39. The van der Waals surface area contributed by atoms with Crippen LogP contribution >= 0.6 is 0 Å². The molecule has 0 radical (unpaired) electrons. The number of methoxy groups -OCH3 is 2. The third kappa shape index (κ3) is 5.36. The Morgan fingerprint density at radius 2 is 1.43 bits per heavy atom. The van der Waals surface area contributed by atoms with E-state index in [4.69, 9.17) is 56.5 Å². The predicted octanol–water partition coefficient (Wildman–Crippen LogP) is 3.71. The van der Waals surface area contributed by atoms with E-state index in [2.05, 4.69) is 0 Å². The lowest BCUT2D eigenvalue weighted by Crippen LogP contribution is -2.96. The highest BCUT2D eigenvalue weighted by Crippen LogP contribution is 2.90. The molecule has 4 bridgehead atoms. The van der Waals surface area contributed by atoms with Crippen LogP contribution in [0.15, 0.2) is 23.0 Å². The fourth-order valence-corrected chi connectivity index (χ4v) is 13.9. The van der Waals surface area contributed by atoms with Gasteiger partial charge in [-0.25, -0.2) is 4.79 Å². The number of fused-ring (bicyclic) bond motifs is 2. The number of rotatable bonds is 13. The molecule has 3 saturated heterocycles. The summed E-state index contributed by atoms with van der Waals surface area (Å²) in [5.74, 6) is -10.2. The van der Waals surface area contributed by atoms with Crippen LogP contribution in [-0.2, 0) is 85.7 Å². The van der Waals surface area contributed by atoms with Crippen molar-refractivity contribution in [3.8, 4) is 0 Å². The molecule has 0 amide bonds. The molecule has 0 unspecified atom stereocenters. The van der Waals surface area contributed by atoms with Crippen LogP contribution < -0.4 is 0 Å². The summed E-state index contributed by atoms with van der Waals surface area (Å²) in [6, 6.07) is 1.56. The standard InChI is InChI=1S/C44H56O19/c1-13-29(48)57-34-42-27(17-31(50)53-12)36(6,32(56-23(4)46)25-14-15-54-19-25)18-28(55-22(3)45)44(42)39(9)26(16-30(49)52-11)37(7)20-41(39,61-40(10,62-42)63-44)43(34,60-24(5)47)33(37)58-35(51)38(8)21(2)59-38/h14-15,19,21,26-28,32-34H,13,16-18,20H2,1-12H3/t21-,26+,27-,28-,32+,33+,34+,36-,37-,38+,39-,40-,41-,42-,43+,44+/m1/s1. The van der Waals surface area contributed by atoms with Crippen molar-refractivity contribution in [3.05, 3.63) is 24.2 Å². The summed E-state index contributed by atoms with van der Waals surface area (Å²) < 4.78 is 76.5. The zero-order chi connectivity index (χ0) is 46.3. The van der Waals surface area contributed by atoms with Crippen molar-refractivity contribution < 1.29 is 90.1 Å². The van der Waals surface area contributed by atoms with Gasteiger partial charge >= 0.3 is 41.8 Å². The van der Waals surface area contributed by atoms with Crippen molar-refractivity contribution >= 4 is 41.8 Å². The first-order valence-electron chi connectivity index (χ1n) is 21.2. The predicted molar refractivity (Wildman–Crippen MR) is 206 cm³/mol. The number of hydrogen-bond acceptors (Lipinski definition) is 19. The van der Waals surface area contributed by atoms with E-state index in [0.29, 0.717) is 5.56 Å². The van der Waals surface area contributed by atoms with Gasteiger partial charge in [-0.2, -0.15) is 0 Å². The molecule has 3 aliphatic heterocycles. The molecule has 0 N–H and O–H groups in total. The van der Waals surface area contributed by atoms with Crippen LogP contribution in [0, 0.1) is 28.1 Å². The number of ether oxygens (including phenoxy) is 11. The molecule has 7 fully saturated rings. The second kappa shape index (κ2) is 14.0. The van der Waals surface area contributed by atoms with Gasteiger partial charge in [0.15, 0.2) is 29.0 Å². The molecular weight excluding hydrogens is 832 g/mol. The van der Waals surface area contributed by atoms with Crippen LogP contribution in [-0.4, -0.2) is 114 Å². The number of carbonyl (C=O) groups excluding carboxylic acids is 7. The van der Waals surface area contributed by atoms with Crippen molar-refractivity contribution in [1.82, 2.24) is 0 Å². The maximum atomic E-state index is 14.5. The normalized spacial score (nSPS) is 45.9. The number of hydrogen-bond donors (Lipinski definition) is 0. The highest BCUT2D eigenvalue weighted by molar-refractivity contribution is 5.83. The number of esters is 7. The van der Waals surface area contributed by atoms with Gasteiger partial charge in [0, 0.05) is 68.3 Å². The number of furan rings is 1. The monoisotopic (exact) mass is 888 g/mol.